The lowest BCUT2D eigenvalue weighted by atomic mass is 10.2. The van der Waals surface area contributed by atoms with Crippen LogP contribution in [0.5, 0.6) is 5.75 Å². The number of hydrogen-bond donors (Lipinski definition) is 1. The molecule has 17 heavy (non-hydrogen) atoms. The van der Waals surface area contributed by atoms with Gasteiger partial charge in [0.15, 0.2) is 0 Å². The van der Waals surface area contributed by atoms with Crippen LogP contribution in [0.25, 0.3) is 0 Å². The molecule has 0 spiro atoms. The molecule has 1 aromatic heterocycles. The zero-order chi connectivity index (χ0) is 12.1. The molecule has 0 radical (unpaired) electrons. The van der Waals surface area contributed by atoms with E-state index in [2.05, 4.69) is 21.4 Å². The Kier molecular flexibility index (Phi) is 3.55. The van der Waals surface area contributed by atoms with Gasteiger partial charge in [-0.3, -0.25) is 9.97 Å². The van der Waals surface area contributed by atoms with Crippen molar-refractivity contribution < 1.29 is 4.74 Å². The molecule has 0 aliphatic rings. The van der Waals surface area contributed by atoms with Crippen molar-refractivity contribution in [2.24, 2.45) is 0 Å². The van der Waals surface area contributed by atoms with Crippen LogP contribution in [0.1, 0.15) is 11.3 Å². The number of aromatic nitrogens is 2. The van der Waals surface area contributed by atoms with Crippen LogP contribution >= 0.6 is 0 Å². The van der Waals surface area contributed by atoms with E-state index < -0.39 is 0 Å². The predicted molar refractivity (Wildman–Crippen MR) is 67.1 cm³/mol. The Morgan fingerprint density at radius 2 is 2.18 bits per heavy atom. The second-order valence-electron chi connectivity index (χ2n) is 3.73. The van der Waals surface area contributed by atoms with Crippen molar-refractivity contribution in [1.82, 2.24) is 9.97 Å². The van der Waals surface area contributed by atoms with Gasteiger partial charge in [0.25, 0.3) is 0 Å². The predicted octanol–water partition coefficient (Wildman–Crippen LogP) is 2.41. The van der Waals surface area contributed by atoms with Gasteiger partial charge in [-0.05, 0) is 30.7 Å². The average molecular weight is 229 g/mol. The highest BCUT2D eigenvalue weighted by molar-refractivity contribution is 5.50. The first-order valence-electron chi connectivity index (χ1n) is 5.43. The van der Waals surface area contributed by atoms with Gasteiger partial charge in [-0.25, -0.2) is 0 Å². The Balaban J connectivity index is 2.02. The Morgan fingerprint density at radius 3 is 2.82 bits per heavy atom. The summed E-state index contributed by atoms with van der Waals surface area (Å²) in [5, 5.41) is 3.30. The third-order valence-electron chi connectivity index (χ3n) is 2.49. The van der Waals surface area contributed by atoms with Crippen LogP contribution in [0.4, 0.5) is 5.69 Å². The van der Waals surface area contributed by atoms with Crippen LogP contribution in [0.2, 0.25) is 0 Å². The van der Waals surface area contributed by atoms with Crippen molar-refractivity contribution in [2.45, 2.75) is 13.5 Å². The molecule has 0 aliphatic carbocycles. The molecular weight excluding hydrogens is 214 g/mol. The van der Waals surface area contributed by atoms with Crippen LogP contribution in [-0.2, 0) is 6.54 Å². The molecule has 4 heteroatoms. The summed E-state index contributed by atoms with van der Waals surface area (Å²) in [6, 6.07) is 5.99. The van der Waals surface area contributed by atoms with Gasteiger partial charge in [-0.2, -0.15) is 0 Å². The number of nitrogens with one attached hydrogen (secondary N) is 1. The van der Waals surface area contributed by atoms with E-state index in [-0.39, 0.29) is 0 Å². The molecule has 4 nitrogen and oxygen atoms in total. The molecule has 0 fully saturated rings. The summed E-state index contributed by atoms with van der Waals surface area (Å²) in [6.07, 6.45) is 5.11. The second-order valence-corrected chi connectivity index (χ2v) is 3.73. The van der Waals surface area contributed by atoms with E-state index in [9.17, 15) is 0 Å². The SMILES string of the molecule is COc1ccc(NCc2cnccn2)cc1C. The summed E-state index contributed by atoms with van der Waals surface area (Å²) < 4.78 is 5.21. The maximum atomic E-state index is 5.21. The van der Waals surface area contributed by atoms with Crippen LogP contribution in [0.3, 0.4) is 0 Å². The largest absolute Gasteiger partial charge is 0.496 e. The molecule has 0 aliphatic heterocycles. The molecule has 0 unspecified atom stereocenters. The molecule has 2 aromatic rings. The minimum absolute atomic E-state index is 0.666. The molecule has 1 N–H and O–H groups in total. The molecule has 1 aromatic carbocycles. The first-order chi connectivity index (χ1) is 8.29. The fourth-order valence-corrected chi connectivity index (χ4v) is 1.60. The van der Waals surface area contributed by atoms with Gasteiger partial charge in [-0.15, -0.1) is 0 Å². The van der Waals surface area contributed by atoms with E-state index in [4.69, 9.17) is 4.74 Å². The molecule has 0 saturated heterocycles. The summed E-state index contributed by atoms with van der Waals surface area (Å²) in [6.45, 7) is 2.69. The highest BCUT2D eigenvalue weighted by Crippen LogP contribution is 2.21. The number of benzene rings is 1. The zero-order valence-corrected chi connectivity index (χ0v) is 9.97. The number of methoxy groups -OCH3 is 1. The van der Waals surface area contributed by atoms with Gasteiger partial charge in [0.05, 0.1) is 25.5 Å². The number of aryl methyl sites for hydroxylation is 1. The lowest BCUT2D eigenvalue weighted by Gasteiger charge is -2.09. The smallest absolute Gasteiger partial charge is 0.121 e. The Morgan fingerprint density at radius 1 is 1.29 bits per heavy atom. The monoisotopic (exact) mass is 229 g/mol. The quantitative estimate of drug-likeness (QED) is 0.874. The van der Waals surface area contributed by atoms with E-state index in [1.807, 2.05) is 19.1 Å². The number of nitrogens with zero attached hydrogens (tertiary/aromatic N) is 2. The number of rotatable bonds is 4. The standard InChI is InChI=1S/C13H15N3O/c1-10-7-11(3-4-13(10)17-2)16-9-12-8-14-5-6-15-12/h3-8,16H,9H2,1-2H3. The summed E-state index contributed by atoms with van der Waals surface area (Å²) in [7, 11) is 1.68. The van der Waals surface area contributed by atoms with Gasteiger partial charge in [-0.1, -0.05) is 0 Å². The van der Waals surface area contributed by atoms with Crippen molar-refractivity contribution in [1.29, 1.82) is 0 Å². The van der Waals surface area contributed by atoms with Gasteiger partial charge >= 0.3 is 0 Å². The second kappa shape index (κ2) is 5.30. The summed E-state index contributed by atoms with van der Waals surface area (Å²) in [5.74, 6) is 0.898. The number of hydrogen-bond acceptors (Lipinski definition) is 4. The normalized spacial score (nSPS) is 10.0. The maximum Gasteiger partial charge on any atom is 0.121 e. The summed E-state index contributed by atoms with van der Waals surface area (Å²) in [4.78, 5) is 8.22. The number of ether oxygens (including phenoxy) is 1. The summed E-state index contributed by atoms with van der Waals surface area (Å²) in [5.41, 5.74) is 3.08. The van der Waals surface area contributed by atoms with Crippen LogP contribution < -0.4 is 10.1 Å². The van der Waals surface area contributed by atoms with Gasteiger partial charge < -0.3 is 10.1 Å². The van der Waals surface area contributed by atoms with E-state index in [0.29, 0.717) is 6.54 Å². The van der Waals surface area contributed by atoms with Crippen molar-refractivity contribution >= 4 is 5.69 Å². The first-order valence-corrected chi connectivity index (χ1v) is 5.43. The zero-order valence-electron chi connectivity index (χ0n) is 9.97. The molecular formula is C13H15N3O. The van der Waals surface area contributed by atoms with E-state index in [1.54, 1.807) is 25.7 Å². The minimum Gasteiger partial charge on any atom is -0.496 e. The Hall–Kier alpha value is -2.10. The molecule has 0 atom stereocenters. The van der Waals surface area contributed by atoms with Crippen LogP contribution in [0.15, 0.2) is 36.8 Å². The van der Waals surface area contributed by atoms with Gasteiger partial charge in [0.1, 0.15) is 5.75 Å². The third-order valence-corrected chi connectivity index (χ3v) is 2.49. The van der Waals surface area contributed by atoms with E-state index in [0.717, 1.165) is 22.7 Å². The van der Waals surface area contributed by atoms with Crippen molar-refractivity contribution in [3.05, 3.63) is 48.0 Å². The number of anilines is 1. The topological polar surface area (TPSA) is 47.0 Å². The van der Waals surface area contributed by atoms with Gasteiger partial charge in [0.2, 0.25) is 0 Å². The van der Waals surface area contributed by atoms with Crippen molar-refractivity contribution in [2.75, 3.05) is 12.4 Å². The van der Waals surface area contributed by atoms with E-state index >= 15 is 0 Å². The first kappa shape index (κ1) is 11.4. The van der Waals surface area contributed by atoms with Crippen LogP contribution in [0, 0.1) is 6.92 Å². The molecule has 2 rings (SSSR count). The highest BCUT2D eigenvalue weighted by Gasteiger charge is 2.00. The Bertz CT molecular complexity index is 485. The Labute approximate surface area is 101 Å². The average Bonchev–Trinajstić information content (AvgIpc) is 2.38. The summed E-state index contributed by atoms with van der Waals surface area (Å²) >= 11 is 0. The van der Waals surface area contributed by atoms with Crippen LogP contribution in [-0.4, -0.2) is 17.1 Å². The lowest BCUT2D eigenvalue weighted by Crippen LogP contribution is -2.02. The fraction of sp³-hybridized carbons (Fsp3) is 0.231. The van der Waals surface area contributed by atoms with Crippen molar-refractivity contribution in [3.8, 4) is 5.75 Å². The molecule has 0 amide bonds. The maximum absolute atomic E-state index is 5.21. The highest BCUT2D eigenvalue weighted by atomic mass is 16.5. The lowest BCUT2D eigenvalue weighted by molar-refractivity contribution is 0.412. The van der Waals surface area contributed by atoms with E-state index in [1.165, 1.54) is 0 Å². The van der Waals surface area contributed by atoms with Crippen molar-refractivity contribution in [3.63, 3.8) is 0 Å². The molecule has 0 saturated carbocycles. The third kappa shape index (κ3) is 2.93. The fourth-order valence-electron chi connectivity index (χ4n) is 1.60. The minimum atomic E-state index is 0.666. The molecule has 88 valence electrons. The molecule has 1 heterocycles. The van der Waals surface area contributed by atoms with Gasteiger partial charge in [0, 0.05) is 18.1 Å². The molecule has 0 bridgehead atoms.